The van der Waals surface area contributed by atoms with Crippen molar-refractivity contribution in [1.82, 2.24) is 15.1 Å². The number of nitrogens with one attached hydrogen (secondary N) is 1. The molecule has 0 aliphatic carbocycles. The molecule has 0 spiro atoms. The van der Waals surface area contributed by atoms with Gasteiger partial charge >= 0.3 is 0 Å². The number of aromatic nitrogens is 2. The summed E-state index contributed by atoms with van der Waals surface area (Å²) in [5, 5.41) is 7.12. The number of nitrogens with zero attached hydrogens (tertiary/aromatic N) is 2. The largest absolute Gasteiger partial charge is 0.342 e. The molecule has 0 aromatic carbocycles. The lowest BCUT2D eigenvalue weighted by Crippen LogP contribution is -2.27. The Kier molecular flexibility index (Phi) is 2.75. The molecule has 2 heterocycles. The number of hydrogen-bond acceptors (Lipinski definition) is 2. The van der Waals surface area contributed by atoms with Gasteiger partial charge in [-0.2, -0.15) is 5.10 Å². The van der Waals surface area contributed by atoms with Crippen molar-refractivity contribution in [3.8, 4) is 0 Å². The van der Waals surface area contributed by atoms with Crippen molar-refractivity contribution in [1.29, 1.82) is 0 Å². The summed E-state index contributed by atoms with van der Waals surface area (Å²) in [5.41, 5.74) is 3.44. The van der Waals surface area contributed by atoms with Gasteiger partial charge in [0.25, 0.3) is 0 Å². The molecule has 0 bridgehead atoms. The molecule has 0 unspecified atom stereocenters. The van der Waals surface area contributed by atoms with Gasteiger partial charge in [-0.25, -0.2) is 0 Å². The highest BCUT2D eigenvalue weighted by molar-refractivity contribution is 5.78. The van der Waals surface area contributed by atoms with E-state index in [0.29, 0.717) is 5.91 Å². The topological polar surface area (TPSA) is 49.0 Å². The number of aromatic amines is 1. The second-order valence-electron chi connectivity index (χ2n) is 4.15. The van der Waals surface area contributed by atoms with E-state index in [-0.39, 0.29) is 0 Å². The fourth-order valence-electron chi connectivity index (χ4n) is 2.13. The highest BCUT2D eigenvalue weighted by Crippen LogP contribution is 2.14. The highest BCUT2D eigenvalue weighted by Gasteiger charge is 2.20. The first-order valence-corrected chi connectivity index (χ1v) is 5.46. The first-order chi connectivity index (χ1) is 7.18. The van der Waals surface area contributed by atoms with Gasteiger partial charge in [-0.3, -0.25) is 9.89 Å². The minimum absolute atomic E-state index is 0.300. The lowest BCUT2D eigenvalue weighted by atomic mass is 10.1. The molecule has 1 aliphatic heterocycles. The molecule has 0 atom stereocenters. The second-order valence-corrected chi connectivity index (χ2v) is 4.15. The van der Waals surface area contributed by atoms with Gasteiger partial charge in [0.15, 0.2) is 0 Å². The predicted octanol–water partition coefficient (Wildman–Crippen LogP) is 1.19. The Morgan fingerprint density at radius 3 is 2.80 bits per heavy atom. The summed E-state index contributed by atoms with van der Waals surface area (Å²) < 4.78 is 0. The number of aryl methyl sites for hydroxylation is 2. The van der Waals surface area contributed by atoms with Gasteiger partial charge < -0.3 is 4.90 Å². The molecule has 1 aromatic heterocycles. The normalized spacial score (nSPS) is 16.4. The Bertz CT molecular complexity index is 350. The van der Waals surface area contributed by atoms with Gasteiger partial charge in [-0.15, -0.1) is 0 Å². The van der Waals surface area contributed by atoms with Crippen LogP contribution in [0.15, 0.2) is 0 Å². The summed E-state index contributed by atoms with van der Waals surface area (Å²) in [6.45, 7) is 5.79. The van der Waals surface area contributed by atoms with Crippen molar-refractivity contribution in [2.75, 3.05) is 13.1 Å². The van der Waals surface area contributed by atoms with Crippen LogP contribution in [0, 0.1) is 13.8 Å². The third-order valence-corrected chi connectivity index (χ3v) is 3.08. The van der Waals surface area contributed by atoms with E-state index in [1.54, 1.807) is 0 Å². The summed E-state index contributed by atoms with van der Waals surface area (Å²) >= 11 is 0. The van der Waals surface area contributed by atoms with Crippen molar-refractivity contribution in [2.24, 2.45) is 0 Å². The number of amides is 1. The Morgan fingerprint density at radius 2 is 2.27 bits per heavy atom. The molecule has 2 rings (SSSR count). The summed E-state index contributed by atoms with van der Waals surface area (Å²) in [7, 11) is 0. The van der Waals surface area contributed by atoms with Crippen molar-refractivity contribution in [3.63, 3.8) is 0 Å². The Morgan fingerprint density at radius 1 is 1.47 bits per heavy atom. The first kappa shape index (κ1) is 10.2. The second kappa shape index (κ2) is 4.04. The molecular formula is C11H17N3O. The quantitative estimate of drug-likeness (QED) is 0.809. The fraction of sp³-hybridized carbons (Fsp3) is 0.636. The van der Waals surface area contributed by atoms with E-state index in [2.05, 4.69) is 10.2 Å². The minimum atomic E-state index is 0.300. The molecule has 1 saturated heterocycles. The highest BCUT2D eigenvalue weighted by atomic mass is 16.2. The van der Waals surface area contributed by atoms with Crippen LogP contribution in [0.25, 0.3) is 0 Å². The number of rotatable bonds is 3. The number of likely N-dealkylation sites (tertiary alicyclic amines) is 1. The number of carbonyl (C=O) groups excluding carboxylic acids is 1. The average Bonchev–Trinajstić information content (AvgIpc) is 2.73. The fourth-order valence-corrected chi connectivity index (χ4v) is 2.13. The zero-order valence-electron chi connectivity index (χ0n) is 9.34. The summed E-state index contributed by atoms with van der Waals surface area (Å²) in [5.74, 6) is 0.300. The predicted molar refractivity (Wildman–Crippen MR) is 57.6 cm³/mol. The Hall–Kier alpha value is -1.32. The summed E-state index contributed by atoms with van der Waals surface area (Å²) in [6.07, 6.45) is 2.66. The molecule has 15 heavy (non-hydrogen) atoms. The lowest BCUT2D eigenvalue weighted by Gasteiger charge is -2.15. The SMILES string of the molecule is Cc1n[nH]c(C)c1CCN1CCCC1=O. The van der Waals surface area contributed by atoms with Crippen LogP contribution >= 0.6 is 0 Å². The Labute approximate surface area is 89.7 Å². The van der Waals surface area contributed by atoms with Crippen molar-refractivity contribution >= 4 is 5.91 Å². The molecule has 4 nitrogen and oxygen atoms in total. The van der Waals surface area contributed by atoms with E-state index in [1.165, 1.54) is 5.56 Å². The summed E-state index contributed by atoms with van der Waals surface area (Å²) in [6, 6.07) is 0. The van der Waals surface area contributed by atoms with E-state index >= 15 is 0 Å². The van der Waals surface area contributed by atoms with Gasteiger partial charge in [-0.1, -0.05) is 0 Å². The van der Waals surface area contributed by atoms with Crippen LogP contribution in [-0.4, -0.2) is 34.1 Å². The van der Waals surface area contributed by atoms with E-state index in [4.69, 9.17) is 0 Å². The molecule has 1 N–H and O–H groups in total. The van der Waals surface area contributed by atoms with Gasteiger partial charge in [-0.05, 0) is 32.3 Å². The van der Waals surface area contributed by atoms with Crippen LogP contribution in [0.4, 0.5) is 0 Å². The minimum Gasteiger partial charge on any atom is -0.342 e. The van der Waals surface area contributed by atoms with Crippen LogP contribution in [0.5, 0.6) is 0 Å². The van der Waals surface area contributed by atoms with Crippen molar-refractivity contribution in [3.05, 3.63) is 17.0 Å². The van der Waals surface area contributed by atoms with Crippen LogP contribution < -0.4 is 0 Å². The van der Waals surface area contributed by atoms with E-state index < -0.39 is 0 Å². The van der Waals surface area contributed by atoms with E-state index in [9.17, 15) is 4.79 Å². The van der Waals surface area contributed by atoms with Crippen LogP contribution in [-0.2, 0) is 11.2 Å². The van der Waals surface area contributed by atoms with Crippen LogP contribution in [0.2, 0.25) is 0 Å². The van der Waals surface area contributed by atoms with Gasteiger partial charge in [0.05, 0.1) is 5.69 Å². The number of H-pyrrole nitrogens is 1. The smallest absolute Gasteiger partial charge is 0.222 e. The number of carbonyl (C=O) groups is 1. The molecule has 0 saturated carbocycles. The third kappa shape index (κ3) is 2.03. The zero-order valence-corrected chi connectivity index (χ0v) is 9.34. The molecule has 82 valence electrons. The van der Waals surface area contributed by atoms with Gasteiger partial charge in [0, 0.05) is 25.2 Å². The zero-order chi connectivity index (χ0) is 10.8. The van der Waals surface area contributed by atoms with Crippen molar-refractivity contribution in [2.45, 2.75) is 33.1 Å². The van der Waals surface area contributed by atoms with Crippen LogP contribution in [0.1, 0.15) is 29.8 Å². The molecular weight excluding hydrogens is 190 g/mol. The van der Waals surface area contributed by atoms with Gasteiger partial charge in [0.2, 0.25) is 5.91 Å². The van der Waals surface area contributed by atoms with E-state index in [1.807, 2.05) is 18.7 Å². The third-order valence-electron chi connectivity index (χ3n) is 3.08. The van der Waals surface area contributed by atoms with E-state index in [0.717, 1.165) is 43.7 Å². The maximum Gasteiger partial charge on any atom is 0.222 e. The Balaban J connectivity index is 1.95. The molecule has 1 amide bonds. The average molecular weight is 207 g/mol. The van der Waals surface area contributed by atoms with Crippen LogP contribution in [0.3, 0.4) is 0 Å². The first-order valence-electron chi connectivity index (χ1n) is 5.46. The lowest BCUT2D eigenvalue weighted by molar-refractivity contribution is -0.127. The summed E-state index contributed by atoms with van der Waals surface area (Å²) in [4.78, 5) is 13.4. The monoisotopic (exact) mass is 207 g/mol. The van der Waals surface area contributed by atoms with Gasteiger partial charge in [0.1, 0.15) is 0 Å². The maximum absolute atomic E-state index is 11.4. The van der Waals surface area contributed by atoms with Crippen molar-refractivity contribution < 1.29 is 4.79 Å². The standard InChI is InChI=1S/C11H17N3O/c1-8-10(9(2)13-12-8)5-7-14-6-3-4-11(14)15/h3-7H2,1-2H3,(H,12,13). The molecule has 4 heteroatoms. The molecule has 1 fully saturated rings. The maximum atomic E-state index is 11.4. The number of hydrogen-bond donors (Lipinski definition) is 1. The molecule has 0 radical (unpaired) electrons. The molecule has 1 aliphatic rings. The molecule has 1 aromatic rings.